The molecule has 0 N–H and O–H groups in total. The Morgan fingerprint density at radius 2 is 1.41 bits per heavy atom. The SMILES string of the molecule is FC1=CC=C(C2=CC3c4ccc5c6c(ccc(c46)C3S2)C2SC(C3=CCC(F)C=C3)=CC52)CC1. The van der Waals surface area contributed by atoms with Crippen LogP contribution in [-0.2, 0) is 0 Å². The Morgan fingerprint density at radius 1 is 0.765 bits per heavy atom. The highest BCUT2D eigenvalue weighted by atomic mass is 32.2. The van der Waals surface area contributed by atoms with E-state index in [0.29, 0.717) is 35.2 Å². The number of alkyl halides is 1. The lowest BCUT2D eigenvalue weighted by Gasteiger charge is -2.15. The molecule has 2 heterocycles. The first-order valence-electron chi connectivity index (χ1n) is 12.1. The summed E-state index contributed by atoms with van der Waals surface area (Å²) in [4.78, 5) is 2.64. The van der Waals surface area contributed by atoms with Gasteiger partial charge in [-0.1, -0.05) is 54.6 Å². The number of fused-ring (bicyclic) bond motifs is 6. The molecule has 0 aromatic heterocycles. The summed E-state index contributed by atoms with van der Waals surface area (Å²) in [5, 5.41) is 3.81. The van der Waals surface area contributed by atoms with Gasteiger partial charge in [0, 0.05) is 45.0 Å². The molecule has 0 nitrogen and oxygen atoms in total. The first kappa shape index (κ1) is 19.9. The molecule has 34 heavy (non-hydrogen) atoms. The molecule has 5 atom stereocenters. The van der Waals surface area contributed by atoms with Crippen molar-refractivity contribution in [3.8, 4) is 0 Å². The highest BCUT2D eigenvalue weighted by Crippen LogP contribution is 2.66. The van der Waals surface area contributed by atoms with Crippen LogP contribution in [0.2, 0.25) is 0 Å². The van der Waals surface area contributed by atoms with Crippen LogP contribution in [0.4, 0.5) is 8.78 Å². The van der Waals surface area contributed by atoms with Gasteiger partial charge in [0.2, 0.25) is 0 Å². The Labute approximate surface area is 206 Å². The van der Waals surface area contributed by atoms with Gasteiger partial charge in [-0.2, -0.15) is 0 Å². The van der Waals surface area contributed by atoms with Crippen molar-refractivity contribution in [1.82, 2.24) is 0 Å². The minimum absolute atomic E-state index is 0.0101. The zero-order chi connectivity index (χ0) is 22.6. The Morgan fingerprint density at radius 3 is 2.03 bits per heavy atom. The van der Waals surface area contributed by atoms with Crippen LogP contribution in [0.3, 0.4) is 0 Å². The molecule has 2 aliphatic heterocycles. The van der Waals surface area contributed by atoms with Gasteiger partial charge in [0.15, 0.2) is 0 Å². The van der Waals surface area contributed by atoms with Gasteiger partial charge in [0.25, 0.3) is 0 Å². The smallest absolute Gasteiger partial charge is 0.122 e. The van der Waals surface area contributed by atoms with E-state index < -0.39 is 6.17 Å². The van der Waals surface area contributed by atoms with Crippen molar-refractivity contribution in [2.24, 2.45) is 0 Å². The van der Waals surface area contributed by atoms with E-state index in [4.69, 9.17) is 0 Å². The van der Waals surface area contributed by atoms with Gasteiger partial charge in [0.05, 0.1) is 0 Å². The van der Waals surface area contributed by atoms with E-state index >= 15 is 0 Å². The molecule has 4 heteroatoms. The Kier molecular flexibility index (Phi) is 4.17. The van der Waals surface area contributed by atoms with Crippen LogP contribution in [0.15, 0.2) is 93.6 Å². The molecular formula is C30H22F2S2. The second kappa shape index (κ2) is 7.11. The molecule has 6 aliphatic rings. The van der Waals surface area contributed by atoms with Gasteiger partial charge in [-0.3, -0.25) is 0 Å². The van der Waals surface area contributed by atoms with Gasteiger partial charge in [-0.25, -0.2) is 8.78 Å². The normalized spacial score (nSPS) is 32.3. The van der Waals surface area contributed by atoms with Crippen molar-refractivity contribution < 1.29 is 8.78 Å². The number of hydrogen-bond donors (Lipinski definition) is 0. The average molecular weight is 485 g/mol. The average Bonchev–Trinajstić information content (AvgIpc) is 3.59. The molecule has 8 rings (SSSR count). The summed E-state index contributed by atoms with van der Waals surface area (Å²) in [7, 11) is 0. The van der Waals surface area contributed by atoms with Crippen LogP contribution in [0, 0.1) is 0 Å². The highest BCUT2D eigenvalue weighted by Gasteiger charge is 2.45. The van der Waals surface area contributed by atoms with Crippen molar-refractivity contribution in [3.63, 3.8) is 0 Å². The predicted molar refractivity (Wildman–Crippen MR) is 140 cm³/mol. The first-order chi connectivity index (χ1) is 16.7. The molecule has 5 unspecified atom stereocenters. The topological polar surface area (TPSA) is 0 Å². The zero-order valence-corrected chi connectivity index (χ0v) is 20.1. The molecule has 2 aromatic rings. The third-order valence-electron chi connectivity index (χ3n) is 8.19. The fourth-order valence-electron chi connectivity index (χ4n) is 6.59. The third-order valence-corrected chi connectivity index (χ3v) is 11.1. The summed E-state index contributed by atoms with van der Waals surface area (Å²) >= 11 is 3.92. The minimum Gasteiger partial charge on any atom is -0.243 e. The summed E-state index contributed by atoms with van der Waals surface area (Å²) in [6, 6.07) is 9.50. The summed E-state index contributed by atoms with van der Waals surface area (Å²) in [5.41, 5.74) is 8.31. The standard InChI is InChI=1S/C30H22F2S2/c31-17-5-1-15(2-6-17)25-13-23-19-9-10-20-24-14-26(16-3-7-18(32)8-4-16)34-30(24)22-12-11-21(29(23)33-25)27(19)28(20)22/h1-3,5,7,9-14,17,23-24,29-30H,4,6,8H2. The van der Waals surface area contributed by atoms with Crippen LogP contribution < -0.4 is 0 Å². The van der Waals surface area contributed by atoms with Gasteiger partial charge in [-0.05, 0) is 62.7 Å². The van der Waals surface area contributed by atoms with Crippen LogP contribution in [0.5, 0.6) is 0 Å². The quantitative estimate of drug-likeness (QED) is 0.417. The molecular weight excluding hydrogens is 462 g/mol. The van der Waals surface area contributed by atoms with E-state index in [1.165, 1.54) is 54.0 Å². The Balaban J connectivity index is 1.19. The van der Waals surface area contributed by atoms with E-state index in [1.807, 2.05) is 35.7 Å². The van der Waals surface area contributed by atoms with E-state index in [0.717, 1.165) is 6.42 Å². The largest absolute Gasteiger partial charge is 0.243 e. The molecule has 0 radical (unpaired) electrons. The first-order valence-corrected chi connectivity index (χ1v) is 13.9. The molecule has 0 saturated carbocycles. The molecule has 4 aliphatic carbocycles. The van der Waals surface area contributed by atoms with Crippen molar-refractivity contribution in [2.75, 3.05) is 0 Å². The molecule has 0 saturated heterocycles. The monoisotopic (exact) mass is 484 g/mol. The summed E-state index contributed by atoms with van der Waals surface area (Å²) in [6.45, 7) is 0. The van der Waals surface area contributed by atoms with E-state index in [1.54, 1.807) is 12.2 Å². The number of thioether (sulfide) groups is 2. The Hall–Kier alpha value is -2.30. The maximum absolute atomic E-state index is 13.6. The fraction of sp³-hybridized carbons (Fsp3) is 0.267. The number of hydrogen-bond acceptors (Lipinski definition) is 2. The van der Waals surface area contributed by atoms with Gasteiger partial charge < -0.3 is 0 Å². The molecule has 0 spiro atoms. The lowest BCUT2D eigenvalue weighted by atomic mass is 9.93. The fourth-order valence-corrected chi connectivity index (χ4v) is 9.59. The van der Waals surface area contributed by atoms with E-state index in [-0.39, 0.29) is 5.83 Å². The Bertz CT molecular complexity index is 1480. The number of benzene rings is 2. The van der Waals surface area contributed by atoms with Crippen molar-refractivity contribution >= 4 is 34.3 Å². The van der Waals surface area contributed by atoms with Gasteiger partial charge in [-0.15, -0.1) is 23.5 Å². The number of rotatable bonds is 2. The van der Waals surface area contributed by atoms with Crippen molar-refractivity contribution in [1.29, 1.82) is 0 Å². The molecule has 168 valence electrons. The molecule has 0 bridgehead atoms. The molecule has 0 amide bonds. The lowest BCUT2D eigenvalue weighted by molar-refractivity contribution is 0.401. The number of halogens is 2. The number of allylic oxidation sites excluding steroid dienone is 10. The summed E-state index contributed by atoms with van der Waals surface area (Å²) < 4.78 is 27.1. The summed E-state index contributed by atoms with van der Waals surface area (Å²) in [5.74, 6) is 0.787. The zero-order valence-electron chi connectivity index (χ0n) is 18.4. The van der Waals surface area contributed by atoms with E-state index in [2.05, 4.69) is 42.5 Å². The molecule has 0 fully saturated rings. The van der Waals surface area contributed by atoms with Crippen molar-refractivity contribution in [2.45, 2.75) is 47.8 Å². The maximum atomic E-state index is 13.6. The van der Waals surface area contributed by atoms with Gasteiger partial charge in [0.1, 0.15) is 12.0 Å². The second-order valence-electron chi connectivity index (χ2n) is 10.0. The second-order valence-corrected chi connectivity index (χ2v) is 12.4. The van der Waals surface area contributed by atoms with Crippen molar-refractivity contribution in [3.05, 3.63) is 116 Å². The molecule has 2 aromatic carbocycles. The third kappa shape index (κ3) is 2.67. The van der Waals surface area contributed by atoms with Crippen LogP contribution in [0.1, 0.15) is 63.9 Å². The maximum Gasteiger partial charge on any atom is 0.122 e. The summed E-state index contributed by atoms with van der Waals surface area (Å²) in [6.07, 6.45) is 15.1. The lowest BCUT2D eigenvalue weighted by Crippen LogP contribution is -1.98. The van der Waals surface area contributed by atoms with Crippen LogP contribution in [0.25, 0.3) is 10.8 Å². The van der Waals surface area contributed by atoms with Crippen LogP contribution in [-0.4, -0.2) is 6.17 Å². The minimum atomic E-state index is -0.845. The predicted octanol–water partition coefficient (Wildman–Crippen LogP) is 9.18. The van der Waals surface area contributed by atoms with E-state index in [9.17, 15) is 8.78 Å². The van der Waals surface area contributed by atoms with Crippen LogP contribution >= 0.6 is 23.5 Å². The highest BCUT2D eigenvalue weighted by molar-refractivity contribution is 8.04. The van der Waals surface area contributed by atoms with Gasteiger partial charge >= 0.3 is 0 Å².